The highest BCUT2D eigenvalue weighted by Gasteiger charge is 2.00. The number of thiocarbonyl (C=S) groups is 1. The summed E-state index contributed by atoms with van der Waals surface area (Å²) >= 11 is 8.47. The highest BCUT2D eigenvalue weighted by molar-refractivity contribution is 9.10. The minimum absolute atomic E-state index is 0.139. The molecule has 0 unspecified atom stereocenters. The van der Waals surface area contributed by atoms with E-state index in [-0.39, 0.29) is 5.75 Å². The van der Waals surface area contributed by atoms with E-state index in [1.165, 1.54) is 6.21 Å². The van der Waals surface area contributed by atoms with Crippen LogP contribution in [0.4, 0.5) is 5.69 Å². The third-order valence-electron chi connectivity index (χ3n) is 2.69. The second-order valence-corrected chi connectivity index (χ2v) is 5.58. The van der Waals surface area contributed by atoms with E-state index in [9.17, 15) is 5.11 Å². The second kappa shape index (κ2) is 7.77. The summed E-state index contributed by atoms with van der Waals surface area (Å²) in [7, 11) is 1.60. The SMILES string of the molecule is COc1cccc(NC(=S)N/N=C/c2cc(Br)ccc2O)c1. The van der Waals surface area contributed by atoms with Gasteiger partial charge in [-0.1, -0.05) is 22.0 Å². The van der Waals surface area contributed by atoms with Crippen molar-refractivity contribution in [3.05, 3.63) is 52.5 Å². The van der Waals surface area contributed by atoms with Gasteiger partial charge in [-0.15, -0.1) is 0 Å². The molecule has 3 N–H and O–H groups in total. The van der Waals surface area contributed by atoms with Crippen LogP contribution in [0.15, 0.2) is 52.0 Å². The van der Waals surface area contributed by atoms with Crippen LogP contribution in [0.5, 0.6) is 11.5 Å². The highest BCUT2D eigenvalue weighted by atomic mass is 79.9. The number of benzene rings is 2. The zero-order chi connectivity index (χ0) is 15.9. The standard InChI is InChI=1S/C15H14BrN3O2S/c1-21-13-4-2-3-12(8-13)18-15(22)19-17-9-10-7-11(16)5-6-14(10)20/h2-9,20H,1H3,(H2,18,19,22)/b17-9+. The maximum Gasteiger partial charge on any atom is 0.191 e. The number of phenols is 1. The number of hydrogen-bond acceptors (Lipinski definition) is 4. The molecule has 0 atom stereocenters. The summed E-state index contributed by atoms with van der Waals surface area (Å²) in [6.45, 7) is 0. The van der Waals surface area contributed by atoms with E-state index in [0.717, 1.165) is 15.9 Å². The van der Waals surface area contributed by atoms with Crippen LogP contribution in [0.25, 0.3) is 0 Å². The van der Waals surface area contributed by atoms with Crippen molar-refractivity contribution >= 4 is 45.2 Å². The van der Waals surface area contributed by atoms with Gasteiger partial charge in [0.2, 0.25) is 0 Å². The predicted molar refractivity (Wildman–Crippen MR) is 95.8 cm³/mol. The van der Waals surface area contributed by atoms with Crippen LogP contribution < -0.4 is 15.5 Å². The fourth-order valence-corrected chi connectivity index (χ4v) is 2.20. The quantitative estimate of drug-likeness (QED) is 0.431. The van der Waals surface area contributed by atoms with Gasteiger partial charge in [-0.25, -0.2) is 0 Å². The van der Waals surface area contributed by atoms with Gasteiger partial charge < -0.3 is 15.2 Å². The first-order chi connectivity index (χ1) is 10.6. The number of phenolic OH excluding ortho intramolecular Hbond substituents is 1. The summed E-state index contributed by atoms with van der Waals surface area (Å²) in [6.07, 6.45) is 1.49. The van der Waals surface area contributed by atoms with Gasteiger partial charge in [-0.05, 0) is 42.5 Å². The molecule has 2 aromatic rings. The third-order valence-corrected chi connectivity index (χ3v) is 3.37. The normalized spacial score (nSPS) is 10.5. The molecule has 0 aromatic heterocycles. The Morgan fingerprint density at radius 3 is 2.91 bits per heavy atom. The van der Waals surface area contributed by atoms with E-state index in [0.29, 0.717) is 10.7 Å². The van der Waals surface area contributed by atoms with Crippen LogP contribution in [-0.2, 0) is 0 Å². The summed E-state index contributed by atoms with van der Waals surface area (Å²) in [5.41, 5.74) is 4.05. The molecule has 0 aliphatic rings. The fraction of sp³-hybridized carbons (Fsp3) is 0.0667. The number of rotatable bonds is 4. The second-order valence-electron chi connectivity index (χ2n) is 4.26. The zero-order valence-corrected chi connectivity index (χ0v) is 14.1. The number of ether oxygens (including phenoxy) is 1. The zero-order valence-electron chi connectivity index (χ0n) is 11.7. The molecule has 0 spiro atoms. The van der Waals surface area contributed by atoms with E-state index >= 15 is 0 Å². The molecule has 0 fully saturated rings. The highest BCUT2D eigenvalue weighted by Crippen LogP contribution is 2.20. The molecule has 2 rings (SSSR count). The molecule has 0 amide bonds. The van der Waals surface area contributed by atoms with Gasteiger partial charge in [0.1, 0.15) is 11.5 Å². The van der Waals surface area contributed by atoms with E-state index in [2.05, 4.69) is 31.8 Å². The lowest BCUT2D eigenvalue weighted by Gasteiger charge is -2.08. The van der Waals surface area contributed by atoms with Gasteiger partial charge in [0.25, 0.3) is 0 Å². The monoisotopic (exact) mass is 379 g/mol. The Morgan fingerprint density at radius 1 is 1.32 bits per heavy atom. The van der Waals surface area contributed by atoms with Crippen molar-refractivity contribution in [2.24, 2.45) is 5.10 Å². The number of aromatic hydroxyl groups is 1. The van der Waals surface area contributed by atoms with Crippen molar-refractivity contribution in [3.8, 4) is 11.5 Å². The van der Waals surface area contributed by atoms with Gasteiger partial charge in [0, 0.05) is 21.8 Å². The topological polar surface area (TPSA) is 65.9 Å². The predicted octanol–water partition coefficient (Wildman–Crippen LogP) is 3.48. The lowest BCUT2D eigenvalue weighted by molar-refractivity contribution is 0.415. The molecular weight excluding hydrogens is 366 g/mol. The molecule has 0 aliphatic heterocycles. The van der Waals surface area contributed by atoms with Crippen LogP contribution in [0, 0.1) is 0 Å². The van der Waals surface area contributed by atoms with E-state index < -0.39 is 0 Å². The molecule has 0 aliphatic carbocycles. The Labute approximate surface area is 142 Å². The number of nitrogens with one attached hydrogen (secondary N) is 2. The number of halogens is 1. The maximum absolute atomic E-state index is 9.69. The van der Waals surface area contributed by atoms with Crippen molar-refractivity contribution in [1.29, 1.82) is 0 Å². The summed E-state index contributed by atoms with van der Waals surface area (Å²) in [5, 5.41) is 17.0. The van der Waals surface area contributed by atoms with Crippen LogP contribution in [-0.4, -0.2) is 23.5 Å². The van der Waals surface area contributed by atoms with Gasteiger partial charge in [0.05, 0.1) is 13.3 Å². The Hall–Kier alpha value is -2.12. The number of hydrogen-bond donors (Lipinski definition) is 3. The molecule has 22 heavy (non-hydrogen) atoms. The van der Waals surface area contributed by atoms with Crippen LogP contribution in [0.3, 0.4) is 0 Å². The van der Waals surface area contributed by atoms with Gasteiger partial charge >= 0.3 is 0 Å². The van der Waals surface area contributed by atoms with E-state index in [1.807, 2.05) is 24.3 Å². The number of hydrazone groups is 1. The van der Waals surface area contributed by atoms with Crippen molar-refractivity contribution in [2.45, 2.75) is 0 Å². The molecule has 0 radical (unpaired) electrons. The molecule has 114 valence electrons. The van der Waals surface area contributed by atoms with Gasteiger partial charge in [-0.2, -0.15) is 5.10 Å². The van der Waals surface area contributed by atoms with Crippen LogP contribution in [0.2, 0.25) is 0 Å². The lowest BCUT2D eigenvalue weighted by atomic mass is 10.2. The van der Waals surface area contributed by atoms with Crippen LogP contribution >= 0.6 is 28.1 Å². The Bertz CT molecular complexity index is 707. The molecule has 0 heterocycles. The smallest absolute Gasteiger partial charge is 0.191 e. The first-order valence-electron chi connectivity index (χ1n) is 6.31. The Kier molecular flexibility index (Phi) is 5.74. The fourth-order valence-electron chi connectivity index (χ4n) is 1.65. The summed E-state index contributed by atoms with van der Waals surface area (Å²) in [4.78, 5) is 0. The average molecular weight is 380 g/mol. The summed E-state index contributed by atoms with van der Waals surface area (Å²) in [5.74, 6) is 0.871. The van der Waals surface area contributed by atoms with Gasteiger partial charge in [0.15, 0.2) is 5.11 Å². The van der Waals surface area contributed by atoms with Crippen LogP contribution in [0.1, 0.15) is 5.56 Å². The minimum atomic E-state index is 0.139. The number of methoxy groups -OCH3 is 1. The Balaban J connectivity index is 1.94. The molecule has 0 saturated carbocycles. The largest absolute Gasteiger partial charge is 0.507 e. The van der Waals surface area contributed by atoms with E-state index in [4.69, 9.17) is 17.0 Å². The average Bonchev–Trinajstić information content (AvgIpc) is 2.51. The number of nitrogens with zero attached hydrogens (tertiary/aromatic N) is 1. The third kappa shape index (κ3) is 4.71. The Morgan fingerprint density at radius 2 is 2.14 bits per heavy atom. The van der Waals surface area contributed by atoms with E-state index in [1.54, 1.807) is 25.3 Å². The van der Waals surface area contributed by atoms with Crippen molar-refractivity contribution in [3.63, 3.8) is 0 Å². The van der Waals surface area contributed by atoms with Crippen molar-refractivity contribution in [2.75, 3.05) is 12.4 Å². The first kappa shape index (κ1) is 16.3. The van der Waals surface area contributed by atoms with Crippen molar-refractivity contribution in [1.82, 2.24) is 5.43 Å². The number of anilines is 1. The molecular formula is C15H14BrN3O2S. The molecule has 7 heteroatoms. The lowest BCUT2D eigenvalue weighted by Crippen LogP contribution is -2.23. The molecule has 5 nitrogen and oxygen atoms in total. The minimum Gasteiger partial charge on any atom is -0.507 e. The molecule has 0 saturated heterocycles. The molecule has 2 aromatic carbocycles. The molecule has 0 bridgehead atoms. The summed E-state index contributed by atoms with van der Waals surface area (Å²) in [6, 6.07) is 12.5. The first-order valence-corrected chi connectivity index (χ1v) is 7.51. The summed E-state index contributed by atoms with van der Waals surface area (Å²) < 4.78 is 5.99. The maximum atomic E-state index is 9.69. The van der Waals surface area contributed by atoms with Gasteiger partial charge in [-0.3, -0.25) is 5.43 Å². The van der Waals surface area contributed by atoms with Crippen molar-refractivity contribution < 1.29 is 9.84 Å².